The van der Waals surface area contributed by atoms with Crippen LogP contribution < -0.4 is 16.0 Å². The van der Waals surface area contributed by atoms with Crippen molar-refractivity contribution in [1.29, 1.82) is 0 Å². The second-order valence-electron chi connectivity index (χ2n) is 6.47. The Bertz CT molecular complexity index is 317. The highest BCUT2D eigenvalue weighted by Crippen LogP contribution is 2.23. The van der Waals surface area contributed by atoms with Crippen LogP contribution in [0, 0.1) is 5.92 Å². The monoisotopic (exact) mass is 269 g/mol. The van der Waals surface area contributed by atoms with Gasteiger partial charge in [0.15, 0.2) is 0 Å². The molecule has 0 heterocycles. The number of hydrogen-bond donors (Lipinski definition) is 3. The van der Waals surface area contributed by atoms with Gasteiger partial charge in [-0.05, 0) is 46.5 Å². The molecule has 0 aromatic heterocycles. The molecule has 5 nitrogen and oxygen atoms in total. The van der Waals surface area contributed by atoms with E-state index in [-0.39, 0.29) is 17.5 Å². The van der Waals surface area contributed by atoms with E-state index in [1.54, 1.807) is 6.92 Å². The number of carbonyl (C=O) groups is 2. The third-order valence-electron chi connectivity index (χ3n) is 3.27. The lowest BCUT2D eigenvalue weighted by atomic mass is 10.1. The van der Waals surface area contributed by atoms with Crippen LogP contribution in [0.5, 0.6) is 0 Å². The van der Waals surface area contributed by atoms with Crippen molar-refractivity contribution in [2.75, 3.05) is 6.54 Å². The normalized spacial score (nSPS) is 17.9. The molecule has 0 bridgehead atoms. The van der Waals surface area contributed by atoms with E-state index in [0.29, 0.717) is 12.5 Å². The SMILES string of the molecule is C[C@@H](NC(=O)NCC1CCCC1)C(=O)NC(C)(C)C. The zero-order chi connectivity index (χ0) is 14.5. The first kappa shape index (κ1) is 15.8. The Morgan fingerprint density at radius 3 is 2.32 bits per heavy atom. The summed E-state index contributed by atoms with van der Waals surface area (Å²) in [6.07, 6.45) is 4.91. The quantitative estimate of drug-likeness (QED) is 0.728. The first-order chi connectivity index (χ1) is 8.78. The molecule has 0 radical (unpaired) electrons. The van der Waals surface area contributed by atoms with Crippen molar-refractivity contribution in [3.8, 4) is 0 Å². The van der Waals surface area contributed by atoms with Gasteiger partial charge in [0.05, 0.1) is 0 Å². The van der Waals surface area contributed by atoms with Crippen molar-refractivity contribution in [3.63, 3.8) is 0 Å². The molecule has 1 aliphatic carbocycles. The molecule has 1 saturated carbocycles. The molecule has 0 aromatic rings. The minimum Gasteiger partial charge on any atom is -0.350 e. The smallest absolute Gasteiger partial charge is 0.315 e. The number of hydrogen-bond acceptors (Lipinski definition) is 2. The zero-order valence-electron chi connectivity index (χ0n) is 12.5. The van der Waals surface area contributed by atoms with Gasteiger partial charge in [-0.1, -0.05) is 12.8 Å². The van der Waals surface area contributed by atoms with Crippen LogP contribution >= 0.6 is 0 Å². The fraction of sp³-hybridized carbons (Fsp3) is 0.857. The van der Waals surface area contributed by atoms with E-state index in [0.717, 1.165) is 0 Å². The minimum absolute atomic E-state index is 0.163. The Morgan fingerprint density at radius 1 is 1.21 bits per heavy atom. The highest BCUT2D eigenvalue weighted by atomic mass is 16.2. The van der Waals surface area contributed by atoms with Crippen molar-refractivity contribution in [1.82, 2.24) is 16.0 Å². The van der Waals surface area contributed by atoms with Gasteiger partial charge in [-0.2, -0.15) is 0 Å². The summed E-state index contributed by atoms with van der Waals surface area (Å²) in [7, 11) is 0. The third kappa shape index (κ3) is 6.45. The molecule has 5 heteroatoms. The van der Waals surface area contributed by atoms with Gasteiger partial charge in [0.2, 0.25) is 5.91 Å². The standard InChI is InChI=1S/C14H27N3O2/c1-10(12(18)17-14(2,3)4)16-13(19)15-9-11-7-5-6-8-11/h10-11H,5-9H2,1-4H3,(H,17,18)(H2,15,16,19)/t10-/m1/s1. The summed E-state index contributed by atoms with van der Waals surface area (Å²) in [6, 6.07) is -0.786. The lowest BCUT2D eigenvalue weighted by Crippen LogP contribution is -2.53. The summed E-state index contributed by atoms with van der Waals surface area (Å²) < 4.78 is 0. The Kier molecular flexibility index (Phi) is 5.63. The van der Waals surface area contributed by atoms with Crippen molar-refractivity contribution >= 4 is 11.9 Å². The maximum atomic E-state index is 11.8. The topological polar surface area (TPSA) is 70.2 Å². The molecule has 0 aliphatic heterocycles. The van der Waals surface area contributed by atoms with Gasteiger partial charge in [-0.25, -0.2) is 4.79 Å². The lowest BCUT2D eigenvalue weighted by molar-refractivity contribution is -0.123. The average Bonchev–Trinajstić information content (AvgIpc) is 2.76. The van der Waals surface area contributed by atoms with Gasteiger partial charge < -0.3 is 16.0 Å². The van der Waals surface area contributed by atoms with E-state index < -0.39 is 6.04 Å². The van der Waals surface area contributed by atoms with Crippen molar-refractivity contribution in [2.24, 2.45) is 5.92 Å². The van der Waals surface area contributed by atoms with E-state index in [1.807, 2.05) is 20.8 Å². The molecule has 0 aromatic carbocycles. The molecule has 110 valence electrons. The van der Waals surface area contributed by atoms with Crippen LogP contribution in [0.2, 0.25) is 0 Å². The first-order valence-electron chi connectivity index (χ1n) is 7.14. The second-order valence-corrected chi connectivity index (χ2v) is 6.47. The summed E-state index contributed by atoms with van der Waals surface area (Å²) in [5.74, 6) is 0.438. The fourth-order valence-corrected chi connectivity index (χ4v) is 2.24. The van der Waals surface area contributed by atoms with E-state index in [1.165, 1.54) is 25.7 Å². The fourth-order valence-electron chi connectivity index (χ4n) is 2.24. The van der Waals surface area contributed by atoms with Crippen molar-refractivity contribution in [2.45, 2.75) is 65.0 Å². The van der Waals surface area contributed by atoms with Gasteiger partial charge in [-0.15, -0.1) is 0 Å². The largest absolute Gasteiger partial charge is 0.350 e. The highest BCUT2D eigenvalue weighted by Gasteiger charge is 2.21. The highest BCUT2D eigenvalue weighted by molar-refractivity contribution is 5.87. The van der Waals surface area contributed by atoms with Crippen LogP contribution in [0.15, 0.2) is 0 Å². The average molecular weight is 269 g/mol. The minimum atomic E-state index is -0.525. The number of urea groups is 1. The van der Waals surface area contributed by atoms with Crippen LogP contribution in [-0.2, 0) is 4.79 Å². The summed E-state index contributed by atoms with van der Waals surface area (Å²) in [5, 5.41) is 8.35. The maximum Gasteiger partial charge on any atom is 0.315 e. The van der Waals surface area contributed by atoms with Gasteiger partial charge in [0.1, 0.15) is 6.04 Å². The molecule has 1 aliphatic rings. The summed E-state index contributed by atoms with van der Waals surface area (Å²) in [4.78, 5) is 23.5. The lowest BCUT2D eigenvalue weighted by Gasteiger charge is -2.23. The maximum absolute atomic E-state index is 11.8. The van der Waals surface area contributed by atoms with Crippen LogP contribution in [0.4, 0.5) is 4.79 Å². The first-order valence-corrected chi connectivity index (χ1v) is 7.14. The van der Waals surface area contributed by atoms with E-state index in [4.69, 9.17) is 0 Å². The van der Waals surface area contributed by atoms with Gasteiger partial charge in [0.25, 0.3) is 0 Å². The zero-order valence-corrected chi connectivity index (χ0v) is 12.5. The predicted molar refractivity (Wildman–Crippen MR) is 75.9 cm³/mol. The summed E-state index contributed by atoms with van der Waals surface area (Å²) >= 11 is 0. The molecule has 1 atom stereocenters. The van der Waals surface area contributed by atoms with E-state index >= 15 is 0 Å². The second kappa shape index (κ2) is 6.78. The molecule has 0 spiro atoms. The molecule has 19 heavy (non-hydrogen) atoms. The van der Waals surface area contributed by atoms with Crippen LogP contribution in [0.3, 0.4) is 0 Å². The van der Waals surface area contributed by atoms with Crippen molar-refractivity contribution < 1.29 is 9.59 Å². The Labute approximate surface area is 115 Å². The number of carbonyl (C=O) groups excluding carboxylic acids is 2. The summed E-state index contributed by atoms with van der Waals surface area (Å²) in [6.45, 7) is 8.14. The molecule has 1 rings (SSSR count). The predicted octanol–water partition coefficient (Wildman–Crippen LogP) is 1.78. The molecular formula is C14H27N3O2. The summed E-state index contributed by atoms with van der Waals surface area (Å²) in [5.41, 5.74) is -0.284. The Hall–Kier alpha value is -1.26. The van der Waals surface area contributed by atoms with Crippen LogP contribution in [0.25, 0.3) is 0 Å². The van der Waals surface area contributed by atoms with Crippen LogP contribution in [0.1, 0.15) is 53.4 Å². The van der Waals surface area contributed by atoms with Gasteiger partial charge in [-0.3, -0.25) is 4.79 Å². The van der Waals surface area contributed by atoms with E-state index in [9.17, 15) is 9.59 Å². The van der Waals surface area contributed by atoms with Crippen molar-refractivity contribution in [3.05, 3.63) is 0 Å². The van der Waals surface area contributed by atoms with E-state index in [2.05, 4.69) is 16.0 Å². The third-order valence-corrected chi connectivity index (χ3v) is 3.27. The Balaban J connectivity index is 2.24. The molecule has 0 unspecified atom stereocenters. The van der Waals surface area contributed by atoms with Crippen LogP contribution in [-0.4, -0.2) is 30.1 Å². The Morgan fingerprint density at radius 2 is 1.79 bits per heavy atom. The van der Waals surface area contributed by atoms with Gasteiger partial charge in [0, 0.05) is 12.1 Å². The molecule has 3 amide bonds. The van der Waals surface area contributed by atoms with Gasteiger partial charge >= 0.3 is 6.03 Å². The number of rotatable bonds is 4. The number of amides is 3. The molecule has 3 N–H and O–H groups in total. The molecule has 0 saturated heterocycles. The number of nitrogens with one attached hydrogen (secondary N) is 3. The molecular weight excluding hydrogens is 242 g/mol. The molecule has 1 fully saturated rings.